The molecule has 0 unspecified atom stereocenters. The molecule has 0 aliphatic rings. The molecule has 112 valence electrons. The van der Waals surface area contributed by atoms with Crippen LogP contribution in [-0.4, -0.2) is 21.7 Å². The van der Waals surface area contributed by atoms with Crippen LogP contribution in [0.1, 0.15) is 20.8 Å². The molecule has 1 N–H and O–H groups in total. The molecule has 21 heavy (non-hydrogen) atoms. The number of pyridine rings is 1. The lowest BCUT2D eigenvalue weighted by atomic mass is 10.2. The van der Waals surface area contributed by atoms with E-state index in [9.17, 15) is 9.18 Å². The highest BCUT2D eigenvalue weighted by molar-refractivity contribution is 14.1. The van der Waals surface area contributed by atoms with E-state index in [1.807, 2.05) is 22.6 Å². The van der Waals surface area contributed by atoms with Crippen LogP contribution in [0.2, 0.25) is 0 Å². The first kappa shape index (κ1) is 16.1. The number of aromatic nitrogens is 2. The Morgan fingerprint density at radius 3 is 2.76 bits per heavy atom. The summed E-state index contributed by atoms with van der Waals surface area (Å²) in [5.41, 5.74) is -0.00893. The first-order valence-electron chi connectivity index (χ1n) is 6.02. The molecule has 0 saturated carbocycles. The Morgan fingerprint density at radius 1 is 1.43 bits per heavy atom. The van der Waals surface area contributed by atoms with Crippen LogP contribution in [0.15, 0.2) is 18.5 Å². The molecule has 0 saturated heterocycles. The third-order valence-corrected chi connectivity index (χ3v) is 4.32. The summed E-state index contributed by atoms with van der Waals surface area (Å²) in [6.45, 7) is 5.36. The number of hydrogen-bond acceptors (Lipinski definition) is 5. The summed E-state index contributed by atoms with van der Waals surface area (Å²) in [6, 6.07) is 1.35. The average molecular weight is 421 g/mol. The third-order valence-electron chi connectivity index (χ3n) is 2.15. The first-order valence-corrected chi connectivity index (χ1v) is 7.91. The number of halogens is 2. The van der Waals surface area contributed by atoms with E-state index in [4.69, 9.17) is 4.74 Å². The summed E-state index contributed by atoms with van der Waals surface area (Å²) >= 11 is 3.24. The number of nitrogens with zero attached hydrogens (tertiary/aromatic N) is 2. The highest BCUT2D eigenvalue weighted by Crippen LogP contribution is 2.33. The highest BCUT2D eigenvalue weighted by atomic mass is 127. The minimum Gasteiger partial charge on any atom is -0.444 e. The molecule has 8 heteroatoms. The van der Waals surface area contributed by atoms with Gasteiger partial charge in [0.25, 0.3) is 0 Å². The summed E-state index contributed by atoms with van der Waals surface area (Å²) in [7, 11) is 0. The van der Waals surface area contributed by atoms with Crippen molar-refractivity contribution in [3.8, 4) is 10.6 Å². The van der Waals surface area contributed by atoms with Crippen LogP contribution >= 0.6 is 33.9 Å². The number of thiazole rings is 1. The lowest BCUT2D eigenvalue weighted by Crippen LogP contribution is -2.27. The molecule has 0 aliphatic heterocycles. The Labute approximate surface area is 139 Å². The molecule has 0 aliphatic carbocycles. The largest absolute Gasteiger partial charge is 0.444 e. The van der Waals surface area contributed by atoms with Gasteiger partial charge in [0.2, 0.25) is 0 Å². The maximum atomic E-state index is 13.2. The lowest BCUT2D eigenvalue weighted by molar-refractivity contribution is 0.0636. The minimum atomic E-state index is -0.574. The minimum absolute atomic E-state index is 0.431. The van der Waals surface area contributed by atoms with Gasteiger partial charge in [-0.15, -0.1) is 0 Å². The summed E-state index contributed by atoms with van der Waals surface area (Å²) < 4.78 is 19.0. The average Bonchev–Trinajstić information content (AvgIpc) is 2.68. The molecule has 2 aromatic heterocycles. The molecule has 0 radical (unpaired) electrons. The zero-order chi connectivity index (χ0) is 15.6. The zero-order valence-electron chi connectivity index (χ0n) is 11.6. The molecule has 0 bridgehead atoms. The second-order valence-electron chi connectivity index (χ2n) is 5.16. The fraction of sp³-hybridized carbons (Fsp3) is 0.308. The Balaban J connectivity index is 2.18. The molecule has 2 rings (SSSR count). The second-order valence-corrected chi connectivity index (χ2v) is 7.18. The number of carbonyl (C=O) groups is 1. The quantitative estimate of drug-likeness (QED) is 0.735. The van der Waals surface area contributed by atoms with Crippen LogP contribution in [0.4, 0.5) is 14.2 Å². The topological polar surface area (TPSA) is 64.1 Å². The third kappa shape index (κ3) is 4.60. The van der Waals surface area contributed by atoms with E-state index in [0.29, 0.717) is 19.3 Å². The van der Waals surface area contributed by atoms with Gasteiger partial charge in [0.15, 0.2) is 0 Å². The van der Waals surface area contributed by atoms with Gasteiger partial charge in [0.1, 0.15) is 25.1 Å². The Kier molecular flexibility index (Phi) is 4.77. The van der Waals surface area contributed by atoms with E-state index in [-0.39, 0.29) is 0 Å². The standard InChI is InChI=1S/C13H13FIN3O2S/c1-13(2,3)20-12(19)18-11-9(15)17-10(21-11)7-4-8(14)6-16-5-7/h4-6H,1-3H3,(H,18,19). The number of hydrogen-bond donors (Lipinski definition) is 1. The molecule has 5 nitrogen and oxygen atoms in total. The Hall–Kier alpha value is -1.29. The van der Waals surface area contributed by atoms with Gasteiger partial charge < -0.3 is 4.74 Å². The Morgan fingerprint density at radius 2 is 2.14 bits per heavy atom. The van der Waals surface area contributed by atoms with Crippen LogP contribution in [0.3, 0.4) is 0 Å². The van der Waals surface area contributed by atoms with Crippen LogP contribution in [0, 0.1) is 9.52 Å². The fourth-order valence-corrected chi connectivity index (χ4v) is 3.12. The molecule has 1 amide bonds. The van der Waals surface area contributed by atoms with E-state index in [1.54, 1.807) is 20.8 Å². The molecular formula is C13H13FIN3O2S. The Bertz CT molecular complexity index is 670. The van der Waals surface area contributed by atoms with Gasteiger partial charge in [-0.05, 0) is 49.4 Å². The van der Waals surface area contributed by atoms with E-state index in [1.165, 1.54) is 23.6 Å². The first-order chi connectivity index (χ1) is 9.74. The van der Waals surface area contributed by atoms with Crippen molar-refractivity contribution < 1.29 is 13.9 Å². The number of rotatable bonds is 2. The van der Waals surface area contributed by atoms with E-state index in [0.717, 1.165) is 6.20 Å². The number of anilines is 1. The van der Waals surface area contributed by atoms with Crippen molar-refractivity contribution in [3.05, 3.63) is 28.0 Å². The van der Waals surface area contributed by atoms with Crippen molar-refractivity contribution in [2.75, 3.05) is 5.32 Å². The monoisotopic (exact) mass is 421 g/mol. The van der Waals surface area contributed by atoms with Crippen molar-refractivity contribution in [2.24, 2.45) is 0 Å². The van der Waals surface area contributed by atoms with Crippen LogP contribution < -0.4 is 5.32 Å². The SMILES string of the molecule is CC(C)(C)OC(=O)Nc1sc(-c2cncc(F)c2)nc1I. The van der Waals surface area contributed by atoms with Gasteiger partial charge in [-0.1, -0.05) is 11.3 Å². The number of nitrogens with one attached hydrogen (secondary N) is 1. The van der Waals surface area contributed by atoms with Gasteiger partial charge in [0.05, 0.1) is 6.20 Å². The van der Waals surface area contributed by atoms with Crippen molar-refractivity contribution in [1.82, 2.24) is 9.97 Å². The van der Waals surface area contributed by atoms with Gasteiger partial charge in [-0.3, -0.25) is 10.3 Å². The maximum absolute atomic E-state index is 13.2. The summed E-state index contributed by atoms with van der Waals surface area (Å²) in [4.78, 5) is 19.8. The molecule has 0 fully saturated rings. The van der Waals surface area contributed by atoms with Crippen molar-refractivity contribution >= 4 is 45.0 Å². The normalized spacial score (nSPS) is 11.3. The smallest absolute Gasteiger partial charge is 0.412 e. The van der Waals surface area contributed by atoms with Crippen molar-refractivity contribution in [3.63, 3.8) is 0 Å². The maximum Gasteiger partial charge on any atom is 0.412 e. The van der Waals surface area contributed by atoms with Crippen LogP contribution in [0.5, 0.6) is 0 Å². The van der Waals surface area contributed by atoms with Crippen molar-refractivity contribution in [1.29, 1.82) is 0 Å². The number of carbonyl (C=O) groups excluding carboxylic acids is 1. The van der Waals surface area contributed by atoms with Crippen LogP contribution in [-0.2, 0) is 4.74 Å². The van der Waals surface area contributed by atoms with Crippen molar-refractivity contribution in [2.45, 2.75) is 26.4 Å². The second kappa shape index (κ2) is 6.22. The molecule has 0 atom stereocenters. The lowest BCUT2D eigenvalue weighted by Gasteiger charge is -2.19. The predicted octanol–water partition coefficient (Wildman–Crippen LogP) is 4.30. The molecular weight excluding hydrogens is 408 g/mol. The molecule has 0 spiro atoms. The van der Waals surface area contributed by atoms with E-state index in [2.05, 4.69) is 15.3 Å². The summed E-state index contributed by atoms with van der Waals surface area (Å²) in [6.07, 6.45) is 2.10. The van der Waals surface area contributed by atoms with E-state index < -0.39 is 17.5 Å². The predicted molar refractivity (Wildman–Crippen MR) is 87.9 cm³/mol. The van der Waals surface area contributed by atoms with Gasteiger partial charge in [-0.25, -0.2) is 14.2 Å². The van der Waals surface area contributed by atoms with Gasteiger partial charge in [0, 0.05) is 11.8 Å². The summed E-state index contributed by atoms with van der Waals surface area (Å²) in [5.74, 6) is -0.431. The fourth-order valence-electron chi connectivity index (χ4n) is 1.43. The highest BCUT2D eigenvalue weighted by Gasteiger charge is 2.19. The number of amides is 1. The molecule has 2 heterocycles. The van der Waals surface area contributed by atoms with Crippen LogP contribution in [0.25, 0.3) is 10.6 Å². The molecule has 0 aromatic carbocycles. The summed E-state index contributed by atoms with van der Waals surface area (Å²) in [5, 5.41) is 3.79. The molecule has 2 aromatic rings. The van der Waals surface area contributed by atoms with E-state index >= 15 is 0 Å². The number of ether oxygens (including phenoxy) is 1. The zero-order valence-corrected chi connectivity index (χ0v) is 14.6. The van der Waals surface area contributed by atoms with Gasteiger partial charge >= 0.3 is 6.09 Å². The van der Waals surface area contributed by atoms with Gasteiger partial charge in [-0.2, -0.15) is 0 Å².